The van der Waals surface area contributed by atoms with Crippen molar-refractivity contribution in [1.82, 2.24) is 9.80 Å². The highest BCUT2D eigenvalue weighted by Crippen LogP contribution is 2.37. The maximum absolute atomic E-state index is 12.9. The van der Waals surface area contributed by atoms with E-state index in [4.69, 9.17) is 20.8 Å². The van der Waals surface area contributed by atoms with Gasteiger partial charge in [0.25, 0.3) is 0 Å². The maximum atomic E-state index is 12.9. The number of nitrogens with zero attached hydrogens (tertiary/aromatic N) is 2. The maximum Gasteiger partial charge on any atom is 0.233 e. The number of ether oxygens (including phenoxy) is 1. The minimum Gasteiger partial charge on any atom is -0.464 e. The van der Waals surface area contributed by atoms with Gasteiger partial charge in [-0.3, -0.25) is 14.5 Å². The van der Waals surface area contributed by atoms with E-state index in [2.05, 4.69) is 4.90 Å². The van der Waals surface area contributed by atoms with Gasteiger partial charge in [-0.15, -0.1) is 11.8 Å². The van der Waals surface area contributed by atoms with Crippen LogP contribution < -0.4 is 5.43 Å². The molecule has 1 atom stereocenters. The number of thioether (sulfide) groups is 1. The lowest BCUT2D eigenvalue weighted by Gasteiger charge is -2.30. The number of benzene rings is 1. The van der Waals surface area contributed by atoms with Gasteiger partial charge < -0.3 is 14.1 Å². The van der Waals surface area contributed by atoms with Gasteiger partial charge in [-0.2, -0.15) is 0 Å². The molecule has 6 nitrogen and oxygen atoms in total. The molecule has 2 saturated heterocycles. The first-order valence-corrected chi connectivity index (χ1v) is 9.98. The Morgan fingerprint density at radius 2 is 2.00 bits per heavy atom. The third-order valence-corrected chi connectivity index (χ3v) is 6.23. The van der Waals surface area contributed by atoms with Crippen molar-refractivity contribution in [3.63, 3.8) is 0 Å². The number of fused-ring (bicyclic) bond motifs is 1. The molecule has 8 heteroatoms. The number of hydrogen-bond donors (Lipinski definition) is 0. The summed E-state index contributed by atoms with van der Waals surface area (Å²) < 4.78 is 11.0. The molecule has 4 rings (SSSR count). The van der Waals surface area contributed by atoms with Gasteiger partial charge in [-0.05, 0) is 18.2 Å². The molecular formula is C18H19ClN2O4S. The van der Waals surface area contributed by atoms with Crippen molar-refractivity contribution in [3.8, 4) is 0 Å². The molecule has 2 fully saturated rings. The van der Waals surface area contributed by atoms with Gasteiger partial charge in [0.1, 0.15) is 17.2 Å². The standard InChI is InChI=1S/C18H19ClN2O4S/c19-12-1-2-15-13(9-12)17(23)14(10-25-15)18-21(16(22)11-26-18)4-3-20-5-7-24-8-6-20/h1-2,9-10,18H,3-8,11H2. The number of amides is 1. The molecule has 1 unspecified atom stereocenters. The lowest BCUT2D eigenvalue weighted by atomic mass is 10.1. The van der Waals surface area contributed by atoms with E-state index in [9.17, 15) is 9.59 Å². The average molecular weight is 395 g/mol. The molecule has 2 aliphatic heterocycles. The Morgan fingerprint density at radius 3 is 2.81 bits per heavy atom. The van der Waals surface area contributed by atoms with E-state index in [1.165, 1.54) is 18.0 Å². The zero-order valence-electron chi connectivity index (χ0n) is 14.2. The van der Waals surface area contributed by atoms with E-state index in [-0.39, 0.29) is 16.7 Å². The van der Waals surface area contributed by atoms with Gasteiger partial charge in [0.2, 0.25) is 5.91 Å². The molecule has 0 aliphatic carbocycles. The second-order valence-corrected chi connectivity index (χ2v) is 7.87. The van der Waals surface area contributed by atoms with Gasteiger partial charge in [-0.25, -0.2) is 0 Å². The number of rotatable bonds is 4. The van der Waals surface area contributed by atoms with Crippen molar-refractivity contribution in [2.75, 3.05) is 45.1 Å². The first-order valence-electron chi connectivity index (χ1n) is 8.55. The average Bonchev–Trinajstić information content (AvgIpc) is 3.02. The number of carbonyl (C=O) groups is 1. The van der Waals surface area contributed by atoms with Crippen LogP contribution in [0, 0.1) is 0 Å². The Labute approximate surface area is 160 Å². The molecule has 26 heavy (non-hydrogen) atoms. The molecule has 0 bridgehead atoms. The Balaban J connectivity index is 1.59. The van der Waals surface area contributed by atoms with Crippen LogP contribution >= 0.6 is 23.4 Å². The topological polar surface area (TPSA) is 63.0 Å². The van der Waals surface area contributed by atoms with Gasteiger partial charge in [0.15, 0.2) is 5.43 Å². The minimum absolute atomic E-state index is 0.0545. The molecule has 2 aromatic rings. The zero-order valence-corrected chi connectivity index (χ0v) is 15.7. The Morgan fingerprint density at radius 1 is 1.19 bits per heavy atom. The van der Waals surface area contributed by atoms with Crippen LogP contribution in [0.5, 0.6) is 0 Å². The molecule has 1 aromatic heterocycles. The van der Waals surface area contributed by atoms with E-state index in [0.29, 0.717) is 33.9 Å². The molecule has 0 radical (unpaired) electrons. The highest BCUT2D eigenvalue weighted by atomic mass is 35.5. The molecule has 0 N–H and O–H groups in total. The Hall–Kier alpha value is -1.54. The monoisotopic (exact) mass is 394 g/mol. The largest absolute Gasteiger partial charge is 0.464 e. The predicted molar refractivity (Wildman–Crippen MR) is 102 cm³/mol. The summed E-state index contributed by atoms with van der Waals surface area (Å²) in [6, 6.07) is 4.99. The highest BCUT2D eigenvalue weighted by molar-refractivity contribution is 8.00. The fraction of sp³-hybridized carbons (Fsp3) is 0.444. The van der Waals surface area contributed by atoms with Crippen molar-refractivity contribution in [2.24, 2.45) is 0 Å². The van der Waals surface area contributed by atoms with E-state index in [1.54, 1.807) is 23.1 Å². The van der Waals surface area contributed by atoms with E-state index in [1.807, 2.05) is 0 Å². The number of carbonyl (C=O) groups excluding carboxylic acids is 1. The van der Waals surface area contributed by atoms with Crippen LogP contribution in [0.3, 0.4) is 0 Å². The van der Waals surface area contributed by atoms with E-state index >= 15 is 0 Å². The van der Waals surface area contributed by atoms with Crippen molar-refractivity contribution in [2.45, 2.75) is 5.37 Å². The van der Waals surface area contributed by atoms with Crippen molar-refractivity contribution >= 4 is 40.2 Å². The summed E-state index contributed by atoms with van der Waals surface area (Å²) in [6.45, 7) is 4.55. The van der Waals surface area contributed by atoms with Crippen molar-refractivity contribution in [1.29, 1.82) is 0 Å². The van der Waals surface area contributed by atoms with Gasteiger partial charge >= 0.3 is 0 Å². The Bertz CT molecular complexity index is 881. The summed E-state index contributed by atoms with van der Waals surface area (Å²) in [5.74, 6) is 0.430. The summed E-state index contributed by atoms with van der Waals surface area (Å²) in [5.41, 5.74) is 0.868. The smallest absolute Gasteiger partial charge is 0.233 e. The van der Waals surface area contributed by atoms with Crippen LogP contribution in [0.25, 0.3) is 11.0 Å². The molecule has 2 aliphatic rings. The lowest BCUT2D eigenvalue weighted by Crippen LogP contribution is -2.42. The summed E-state index contributed by atoms with van der Waals surface area (Å²) >= 11 is 7.49. The van der Waals surface area contributed by atoms with Crippen LogP contribution in [0.4, 0.5) is 0 Å². The zero-order chi connectivity index (χ0) is 18.1. The fourth-order valence-electron chi connectivity index (χ4n) is 3.32. The minimum atomic E-state index is -0.317. The van der Waals surface area contributed by atoms with Crippen LogP contribution in [-0.2, 0) is 9.53 Å². The molecule has 138 valence electrons. The number of hydrogen-bond acceptors (Lipinski definition) is 6. The summed E-state index contributed by atoms with van der Waals surface area (Å²) in [7, 11) is 0. The van der Waals surface area contributed by atoms with Crippen molar-refractivity contribution in [3.05, 3.63) is 45.3 Å². The van der Waals surface area contributed by atoms with Gasteiger partial charge in [0, 0.05) is 31.2 Å². The molecule has 0 saturated carbocycles. The van der Waals surface area contributed by atoms with E-state index in [0.717, 1.165) is 32.8 Å². The van der Waals surface area contributed by atoms with Crippen LogP contribution in [0.2, 0.25) is 5.02 Å². The second-order valence-electron chi connectivity index (χ2n) is 6.37. The SMILES string of the molecule is O=C1CSC(c2coc3ccc(Cl)cc3c2=O)N1CCN1CCOCC1. The highest BCUT2D eigenvalue weighted by Gasteiger charge is 2.35. The van der Waals surface area contributed by atoms with Crippen molar-refractivity contribution < 1.29 is 13.9 Å². The Kier molecular flexibility index (Phi) is 5.22. The van der Waals surface area contributed by atoms with E-state index < -0.39 is 0 Å². The third kappa shape index (κ3) is 3.49. The third-order valence-electron chi connectivity index (χ3n) is 4.76. The lowest BCUT2D eigenvalue weighted by molar-refractivity contribution is -0.128. The predicted octanol–water partition coefficient (Wildman–Crippen LogP) is 2.35. The summed E-state index contributed by atoms with van der Waals surface area (Å²) in [4.78, 5) is 29.4. The molecular weight excluding hydrogens is 376 g/mol. The molecule has 1 aromatic carbocycles. The van der Waals surface area contributed by atoms with Crippen LogP contribution in [-0.4, -0.2) is 60.9 Å². The van der Waals surface area contributed by atoms with Crippen LogP contribution in [0.1, 0.15) is 10.9 Å². The number of morpholine rings is 1. The van der Waals surface area contributed by atoms with Crippen LogP contribution in [0.15, 0.2) is 33.7 Å². The first kappa shape index (κ1) is 17.9. The molecule has 1 amide bonds. The second kappa shape index (κ2) is 7.60. The molecule has 0 spiro atoms. The summed E-state index contributed by atoms with van der Waals surface area (Å²) in [6.07, 6.45) is 1.48. The quantitative estimate of drug-likeness (QED) is 0.793. The number of halogens is 1. The normalized spacial score (nSPS) is 21.7. The van der Waals surface area contributed by atoms with Gasteiger partial charge in [0.05, 0.1) is 29.9 Å². The summed E-state index contributed by atoms with van der Waals surface area (Å²) in [5, 5.41) is 0.618. The van der Waals surface area contributed by atoms with Gasteiger partial charge in [-0.1, -0.05) is 11.6 Å². The first-order chi connectivity index (χ1) is 12.6. The fourth-order valence-corrected chi connectivity index (χ4v) is 4.70. The molecule has 3 heterocycles.